The first kappa shape index (κ1) is 18.0. The van der Waals surface area contributed by atoms with Gasteiger partial charge in [0.2, 0.25) is 10.0 Å². The van der Waals surface area contributed by atoms with Crippen LogP contribution in [0.25, 0.3) is 0 Å². The van der Waals surface area contributed by atoms with Crippen LogP contribution in [0.5, 0.6) is 5.75 Å². The Bertz CT molecular complexity index is 567. The first-order valence-corrected chi connectivity index (χ1v) is 9.06. The molecule has 0 amide bonds. The summed E-state index contributed by atoms with van der Waals surface area (Å²) in [5, 5.41) is 0. The van der Waals surface area contributed by atoms with Gasteiger partial charge in [0, 0.05) is 6.04 Å². The summed E-state index contributed by atoms with van der Waals surface area (Å²) in [6, 6.07) is 3.41. The minimum absolute atomic E-state index is 0.0971. The number of nitrogens with one attached hydrogen (secondary N) is 1. The van der Waals surface area contributed by atoms with E-state index in [0.29, 0.717) is 12.4 Å². The summed E-state index contributed by atoms with van der Waals surface area (Å²) in [6.07, 6.45) is 2.67. The van der Waals surface area contributed by atoms with E-state index in [0.717, 1.165) is 30.4 Å². The highest BCUT2D eigenvalue weighted by atomic mass is 32.2. The third kappa shape index (κ3) is 5.00. The van der Waals surface area contributed by atoms with Crippen molar-refractivity contribution in [2.45, 2.75) is 64.8 Å². The second-order valence-electron chi connectivity index (χ2n) is 5.52. The van der Waals surface area contributed by atoms with Gasteiger partial charge >= 0.3 is 0 Å². The average Bonchev–Trinajstić information content (AvgIpc) is 2.41. The van der Waals surface area contributed by atoms with Crippen LogP contribution in [0, 0.1) is 13.8 Å². The molecule has 0 saturated heterocycles. The van der Waals surface area contributed by atoms with E-state index in [2.05, 4.69) is 11.6 Å². The molecule has 0 spiro atoms. The number of ether oxygens (including phenoxy) is 1. The number of unbranched alkanes of at least 4 members (excludes halogenated alkanes) is 1. The van der Waals surface area contributed by atoms with Gasteiger partial charge in [-0.05, 0) is 56.9 Å². The van der Waals surface area contributed by atoms with Crippen LogP contribution in [-0.2, 0) is 10.0 Å². The van der Waals surface area contributed by atoms with Crippen molar-refractivity contribution in [2.75, 3.05) is 6.61 Å². The fraction of sp³-hybridized carbons (Fsp3) is 0.625. The highest BCUT2D eigenvalue weighted by molar-refractivity contribution is 7.89. The molecule has 1 unspecified atom stereocenters. The molecule has 0 saturated carbocycles. The Labute approximate surface area is 129 Å². The lowest BCUT2D eigenvalue weighted by atomic mass is 10.1. The van der Waals surface area contributed by atoms with Crippen LogP contribution >= 0.6 is 0 Å². The highest BCUT2D eigenvalue weighted by Gasteiger charge is 2.22. The van der Waals surface area contributed by atoms with E-state index in [9.17, 15) is 8.42 Å². The molecule has 0 aromatic heterocycles. The summed E-state index contributed by atoms with van der Waals surface area (Å²) in [5.74, 6) is 0.447. The van der Waals surface area contributed by atoms with Gasteiger partial charge in [-0.3, -0.25) is 0 Å². The fourth-order valence-electron chi connectivity index (χ4n) is 1.82. The summed E-state index contributed by atoms with van der Waals surface area (Å²) in [4.78, 5) is 0.238. The van der Waals surface area contributed by atoms with Gasteiger partial charge in [0.25, 0.3) is 0 Å². The zero-order chi connectivity index (χ0) is 16.0. The van der Waals surface area contributed by atoms with E-state index in [1.165, 1.54) is 0 Å². The van der Waals surface area contributed by atoms with Crippen LogP contribution in [0.1, 0.15) is 51.2 Å². The van der Waals surface area contributed by atoms with Crippen molar-refractivity contribution in [1.29, 1.82) is 0 Å². The van der Waals surface area contributed by atoms with Crippen LogP contribution in [0.3, 0.4) is 0 Å². The minimum Gasteiger partial charge on any atom is -0.492 e. The maximum absolute atomic E-state index is 12.5. The largest absolute Gasteiger partial charge is 0.492 e. The van der Waals surface area contributed by atoms with E-state index in [1.807, 2.05) is 33.8 Å². The van der Waals surface area contributed by atoms with E-state index in [4.69, 9.17) is 4.74 Å². The van der Waals surface area contributed by atoms with Crippen molar-refractivity contribution < 1.29 is 13.2 Å². The quantitative estimate of drug-likeness (QED) is 0.747. The SMILES string of the molecule is CCCCOc1cc(C)c(C)cc1S(=O)(=O)NC(C)CC. The molecule has 1 aromatic rings. The molecule has 0 aliphatic carbocycles. The number of hydrogen-bond acceptors (Lipinski definition) is 3. The summed E-state index contributed by atoms with van der Waals surface area (Å²) in [5.41, 5.74) is 1.98. The lowest BCUT2D eigenvalue weighted by Crippen LogP contribution is -2.32. The number of sulfonamides is 1. The molecule has 0 aliphatic heterocycles. The molecular formula is C16H27NO3S. The first-order chi connectivity index (χ1) is 9.81. The molecule has 1 rings (SSSR count). The van der Waals surface area contributed by atoms with Crippen LogP contribution in [0.4, 0.5) is 0 Å². The van der Waals surface area contributed by atoms with Crippen molar-refractivity contribution in [3.05, 3.63) is 23.3 Å². The highest BCUT2D eigenvalue weighted by Crippen LogP contribution is 2.28. The normalized spacial score (nSPS) is 13.2. The second kappa shape index (κ2) is 7.80. The predicted molar refractivity (Wildman–Crippen MR) is 86.4 cm³/mol. The summed E-state index contributed by atoms with van der Waals surface area (Å²) in [7, 11) is -3.55. The Kier molecular flexibility index (Phi) is 6.68. The Morgan fingerprint density at radius 2 is 1.81 bits per heavy atom. The van der Waals surface area contributed by atoms with Gasteiger partial charge in [0.15, 0.2) is 0 Å². The molecule has 1 aromatic carbocycles. The number of benzene rings is 1. The number of rotatable bonds is 8. The Balaban J connectivity index is 3.16. The van der Waals surface area contributed by atoms with Crippen molar-refractivity contribution in [3.63, 3.8) is 0 Å². The Morgan fingerprint density at radius 3 is 2.38 bits per heavy atom. The van der Waals surface area contributed by atoms with Gasteiger partial charge in [0.05, 0.1) is 6.61 Å². The van der Waals surface area contributed by atoms with Crippen molar-refractivity contribution in [3.8, 4) is 5.75 Å². The van der Waals surface area contributed by atoms with Crippen LogP contribution in [0.2, 0.25) is 0 Å². The van der Waals surface area contributed by atoms with E-state index < -0.39 is 10.0 Å². The minimum atomic E-state index is -3.55. The molecule has 0 aliphatic rings. The molecule has 0 heterocycles. The lowest BCUT2D eigenvalue weighted by Gasteiger charge is -2.17. The third-order valence-electron chi connectivity index (χ3n) is 3.57. The lowest BCUT2D eigenvalue weighted by molar-refractivity contribution is 0.301. The zero-order valence-electron chi connectivity index (χ0n) is 13.7. The van der Waals surface area contributed by atoms with Gasteiger partial charge in [-0.15, -0.1) is 0 Å². The third-order valence-corrected chi connectivity index (χ3v) is 5.18. The summed E-state index contributed by atoms with van der Waals surface area (Å²) < 4.78 is 33.4. The standard InChI is InChI=1S/C16H27NO3S/c1-6-8-9-20-15-10-12(3)13(4)11-16(15)21(18,19)17-14(5)7-2/h10-11,14,17H,6-9H2,1-5H3. The van der Waals surface area contributed by atoms with E-state index in [-0.39, 0.29) is 10.9 Å². The Hall–Kier alpha value is -1.07. The van der Waals surface area contributed by atoms with Gasteiger partial charge < -0.3 is 4.74 Å². The molecular weight excluding hydrogens is 286 g/mol. The van der Waals surface area contributed by atoms with Gasteiger partial charge in [-0.25, -0.2) is 13.1 Å². The summed E-state index contributed by atoms with van der Waals surface area (Å²) in [6.45, 7) is 10.3. The van der Waals surface area contributed by atoms with Crippen molar-refractivity contribution in [2.24, 2.45) is 0 Å². The van der Waals surface area contributed by atoms with Crippen LogP contribution in [0.15, 0.2) is 17.0 Å². The summed E-state index contributed by atoms with van der Waals surface area (Å²) >= 11 is 0. The maximum Gasteiger partial charge on any atom is 0.244 e. The first-order valence-electron chi connectivity index (χ1n) is 7.58. The van der Waals surface area contributed by atoms with Crippen molar-refractivity contribution >= 4 is 10.0 Å². The monoisotopic (exact) mass is 313 g/mol. The van der Waals surface area contributed by atoms with E-state index >= 15 is 0 Å². The molecule has 5 heteroatoms. The maximum atomic E-state index is 12.5. The molecule has 4 nitrogen and oxygen atoms in total. The van der Waals surface area contributed by atoms with E-state index in [1.54, 1.807) is 6.07 Å². The zero-order valence-corrected chi connectivity index (χ0v) is 14.5. The average molecular weight is 313 g/mol. The van der Waals surface area contributed by atoms with Gasteiger partial charge in [-0.1, -0.05) is 20.3 Å². The van der Waals surface area contributed by atoms with Gasteiger partial charge in [-0.2, -0.15) is 0 Å². The van der Waals surface area contributed by atoms with Crippen LogP contribution in [-0.4, -0.2) is 21.1 Å². The predicted octanol–water partition coefficient (Wildman–Crippen LogP) is 3.56. The van der Waals surface area contributed by atoms with Crippen LogP contribution < -0.4 is 9.46 Å². The number of hydrogen-bond donors (Lipinski definition) is 1. The van der Waals surface area contributed by atoms with Crippen molar-refractivity contribution in [1.82, 2.24) is 4.72 Å². The second-order valence-corrected chi connectivity index (χ2v) is 7.20. The molecule has 1 atom stereocenters. The molecule has 0 fully saturated rings. The molecule has 21 heavy (non-hydrogen) atoms. The molecule has 0 bridgehead atoms. The molecule has 1 N–H and O–H groups in total. The Morgan fingerprint density at radius 1 is 1.19 bits per heavy atom. The fourth-order valence-corrected chi connectivity index (χ4v) is 3.36. The molecule has 120 valence electrons. The van der Waals surface area contributed by atoms with Gasteiger partial charge in [0.1, 0.15) is 10.6 Å². The smallest absolute Gasteiger partial charge is 0.244 e. The number of aryl methyl sites for hydroxylation is 2. The molecule has 0 radical (unpaired) electrons. The topological polar surface area (TPSA) is 55.4 Å².